The van der Waals surface area contributed by atoms with Crippen LogP contribution >= 0.6 is 0 Å². The Labute approximate surface area is 119 Å². The van der Waals surface area contributed by atoms with Gasteiger partial charge in [-0.3, -0.25) is 0 Å². The van der Waals surface area contributed by atoms with Gasteiger partial charge in [-0.15, -0.1) is 0 Å². The van der Waals surface area contributed by atoms with E-state index in [1.165, 1.54) is 19.3 Å². The van der Waals surface area contributed by atoms with Gasteiger partial charge in [-0.05, 0) is 43.4 Å². The van der Waals surface area contributed by atoms with Crippen molar-refractivity contribution >= 4 is 16.0 Å². The number of ether oxygens (including phenoxy) is 1. The fourth-order valence-corrected chi connectivity index (χ4v) is 5.53. The number of sulfonamides is 1. The van der Waals surface area contributed by atoms with Gasteiger partial charge in [-0.2, -0.15) is 0 Å². The lowest BCUT2D eigenvalue weighted by Gasteiger charge is -2.29. The Hall–Kier alpha value is -0.880. The minimum atomic E-state index is -3.30. The van der Waals surface area contributed by atoms with E-state index in [9.17, 15) is 13.2 Å². The fraction of sp³-hybridized carbons (Fsp3) is 0.786. The molecule has 3 aliphatic rings. The van der Waals surface area contributed by atoms with Crippen LogP contribution in [-0.2, 0) is 19.6 Å². The van der Waals surface area contributed by atoms with Crippen molar-refractivity contribution in [2.75, 3.05) is 6.26 Å². The maximum Gasteiger partial charge on any atom is 0.330 e. The van der Waals surface area contributed by atoms with Crippen LogP contribution in [-0.4, -0.2) is 32.8 Å². The fourth-order valence-electron chi connectivity index (χ4n) is 4.75. The predicted molar refractivity (Wildman–Crippen MR) is 74.3 cm³/mol. The number of carbonyl (C=O) groups excluding carboxylic acids is 1. The zero-order valence-corrected chi connectivity index (χ0v) is 12.4. The molecule has 6 atom stereocenters. The molecule has 6 unspecified atom stereocenters. The highest BCUT2D eigenvalue weighted by Crippen LogP contribution is 2.59. The van der Waals surface area contributed by atoms with E-state index in [-0.39, 0.29) is 12.1 Å². The van der Waals surface area contributed by atoms with E-state index in [0.29, 0.717) is 23.7 Å². The number of hydrogen-bond acceptors (Lipinski definition) is 4. The first kappa shape index (κ1) is 14.1. The molecular weight excluding hydrogens is 278 g/mol. The zero-order chi connectivity index (χ0) is 14.5. The number of nitrogens with one attached hydrogen (secondary N) is 1. The minimum Gasteiger partial charge on any atom is -0.457 e. The molecule has 3 fully saturated rings. The summed E-state index contributed by atoms with van der Waals surface area (Å²) >= 11 is 0. The lowest BCUT2D eigenvalue weighted by molar-refractivity contribution is -0.146. The summed E-state index contributed by atoms with van der Waals surface area (Å²) in [5, 5.41) is 0. The van der Waals surface area contributed by atoms with Crippen LogP contribution in [0.4, 0.5) is 0 Å². The Kier molecular flexibility index (Phi) is 3.41. The second kappa shape index (κ2) is 4.84. The largest absolute Gasteiger partial charge is 0.457 e. The third-order valence-corrected chi connectivity index (χ3v) is 5.98. The van der Waals surface area contributed by atoms with Crippen molar-refractivity contribution < 1.29 is 17.9 Å². The average molecular weight is 299 g/mol. The molecule has 0 heterocycles. The van der Waals surface area contributed by atoms with E-state index >= 15 is 0 Å². The number of rotatable bonds is 4. The van der Waals surface area contributed by atoms with Gasteiger partial charge in [0.15, 0.2) is 0 Å². The van der Waals surface area contributed by atoms with E-state index < -0.39 is 16.0 Å². The summed E-state index contributed by atoms with van der Waals surface area (Å²) in [7, 11) is -3.30. The van der Waals surface area contributed by atoms with Gasteiger partial charge < -0.3 is 4.74 Å². The van der Waals surface area contributed by atoms with E-state index in [0.717, 1.165) is 18.8 Å². The Balaban J connectivity index is 1.83. The minimum absolute atomic E-state index is 0.285. The molecule has 0 saturated heterocycles. The molecule has 0 aromatic carbocycles. The summed E-state index contributed by atoms with van der Waals surface area (Å²) in [5.41, 5.74) is 0. The standard InChI is InChI=1S/C14H21NO4S/c1-3-12(16)19-14-11(15-20(2,17)18)7-10-8-4-5-9(6-8)13(10)14/h3,8-11,13-15H,1,4-7H2,2H3. The van der Waals surface area contributed by atoms with E-state index in [4.69, 9.17) is 4.74 Å². The summed E-state index contributed by atoms with van der Waals surface area (Å²) in [6.45, 7) is 3.42. The Morgan fingerprint density at radius 3 is 2.65 bits per heavy atom. The van der Waals surface area contributed by atoms with E-state index in [1.807, 2.05) is 0 Å². The van der Waals surface area contributed by atoms with Crippen LogP contribution in [0.1, 0.15) is 25.7 Å². The molecule has 0 amide bonds. The van der Waals surface area contributed by atoms with Gasteiger partial charge in [0.1, 0.15) is 6.10 Å². The SMILES string of the molecule is C=CC(=O)OC1C(NS(C)(=O)=O)CC2C3CCC(C3)C21. The van der Waals surface area contributed by atoms with E-state index in [2.05, 4.69) is 11.3 Å². The zero-order valence-electron chi connectivity index (χ0n) is 11.6. The van der Waals surface area contributed by atoms with E-state index in [1.54, 1.807) is 0 Å². The molecule has 0 radical (unpaired) electrons. The van der Waals surface area contributed by atoms with Crippen LogP contribution in [0.15, 0.2) is 12.7 Å². The normalized spacial score (nSPS) is 42.5. The molecule has 0 spiro atoms. The van der Waals surface area contributed by atoms with Crippen LogP contribution in [0.5, 0.6) is 0 Å². The van der Waals surface area contributed by atoms with Crippen molar-refractivity contribution in [2.24, 2.45) is 23.7 Å². The van der Waals surface area contributed by atoms with Crippen LogP contribution in [0.3, 0.4) is 0 Å². The van der Waals surface area contributed by atoms with Crippen LogP contribution in [0.25, 0.3) is 0 Å². The second-order valence-corrected chi connectivity index (χ2v) is 8.19. The summed E-state index contributed by atoms with van der Waals surface area (Å²) in [5.74, 6) is 1.62. The molecule has 20 heavy (non-hydrogen) atoms. The average Bonchev–Trinajstić information content (AvgIpc) is 3.01. The summed E-state index contributed by atoms with van der Waals surface area (Å²) in [6, 6.07) is -0.285. The topological polar surface area (TPSA) is 72.5 Å². The van der Waals surface area contributed by atoms with Crippen LogP contribution in [0.2, 0.25) is 0 Å². The lowest BCUT2D eigenvalue weighted by atomic mass is 9.81. The summed E-state index contributed by atoms with van der Waals surface area (Å²) < 4.78 is 31.2. The van der Waals surface area contributed by atoms with Gasteiger partial charge in [0.25, 0.3) is 0 Å². The predicted octanol–water partition coefficient (Wildman–Crippen LogP) is 1.07. The van der Waals surface area contributed by atoms with Gasteiger partial charge in [0, 0.05) is 12.0 Å². The van der Waals surface area contributed by atoms with Gasteiger partial charge in [-0.1, -0.05) is 6.58 Å². The third kappa shape index (κ3) is 2.39. The first-order valence-electron chi connectivity index (χ1n) is 7.19. The molecule has 3 saturated carbocycles. The molecule has 0 aromatic heterocycles. The Bertz CT molecular complexity index is 529. The lowest BCUT2D eigenvalue weighted by Crippen LogP contribution is -2.44. The molecule has 3 aliphatic carbocycles. The Morgan fingerprint density at radius 2 is 2.00 bits per heavy atom. The monoisotopic (exact) mass is 299 g/mol. The number of fused-ring (bicyclic) bond motifs is 5. The van der Waals surface area contributed by atoms with Gasteiger partial charge in [-0.25, -0.2) is 17.9 Å². The van der Waals surface area contributed by atoms with Crippen molar-refractivity contribution in [3.05, 3.63) is 12.7 Å². The van der Waals surface area contributed by atoms with Crippen molar-refractivity contribution in [1.82, 2.24) is 4.72 Å². The molecule has 6 heteroatoms. The summed E-state index contributed by atoms with van der Waals surface area (Å²) in [6.07, 6.45) is 6.38. The highest BCUT2D eigenvalue weighted by atomic mass is 32.2. The van der Waals surface area contributed by atoms with Gasteiger partial charge >= 0.3 is 5.97 Å². The van der Waals surface area contributed by atoms with Crippen LogP contribution < -0.4 is 4.72 Å². The quantitative estimate of drug-likeness (QED) is 0.622. The molecule has 0 aromatic rings. The van der Waals surface area contributed by atoms with Gasteiger partial charge in [0.2, 0.25) is 10.0 Å². The Morgan fingerprint density at radius 1 is 1.30 bits per heavy atom. The molecule has 2 bridgehead atoms. The van der Waals surface area contributed by atoms with Crippen LogP contribution in [0, 0.1) is 23.7 Å². The molecular formula is C14H21NO4S. The molecule has 0 aliphatic heterocycles. The number of esters is 1. The summed E-state index contributed by atoms with van der Waals surface area (Å²) in [4.78, 5) is 11.6. The third-order valence-electron chi connectivity index (χ3n) is 5.24. The molecule has 5 nitrogen and oxygen atoms in total. The van der Waals surface area contributed by atoms with Crippen molar-refractivity contribution in [2.45, 2.75) is 37.8 Å². The molecule has 1 N–H and O–H groups in total. The maximum absolute atomic E-state index is 11.6. The smallest absolute Gasteiger partial charge is 0.330 e. The highest BCUT2D eigenvalue weighted by molar-refractivity contribution is 7.88. The highest BCUT2D eigenvalue weighted by Gasteiger charge is 2.58. The van der Waals surface area contributed by atoms with Crippen molar-refractivity contribution in [3.8, 4) is 0 Å². The van der Waals surface area contributed by atoms with Crippen molar-refractivity contribution in [1.29, 1.82) is 0 Å². The number of hydrogen-bond donors (Lipinski definition) is 1. The van der Waals surface area contributed by atoms with Crippen molar-refractivity contribution in [3.63, 3.8) is 0 Å². The first-order valence-corrected chi connectivity index (χ1v) is 9.08. The van der Waals surface area contributed by atoms with Gasteiger partial charge in [0.05, 0.1) is 12.3 Å². The molecule has 112 valence electrons. The first-order chi connectivity index (χ1) is 9.39. The maximum atomic E-state index is 11.6. The number of carbonyl (C=O) groups is 1. The second-order valence-electron chi connectivity index (χ2n) is 6.41. The molecule has 3 rings (SSSR count).